The molecular weight excluding hydrogens is 746 g/mol. The minimum atomic E-state index is -0.979. The van der Waals surface area contributed by atoms with Crippen LogP contribution in [0.4, 0.5) is 22.7 Å². The van der Waals surface area contributed by atoms with Gasteiger partial charge in [0.05, 0.1) is 56.7 Å². The van der Waals surface area contributed by atoms with Crippen molar-refractivity contribution in [2.24, 2.45) is 5.92 Å². The molecular formula is C42H38ClN9O5. The third-order valence-electron chi connectivity index (χ3n) is 11.9. The Morgan fingerprint density at radius 2 is 1.58 bits per heavy atom. The van der Waals surface area contributed by atoms with Gasteiger partial charge in [0, 0.05) is 69.4 Å². The van der Waals surface area contributed by atoms with Crippen LogP contribution in [0.1, 0.15) is 58.7 Å². The number of nitrogens with one attached hydrogen (secondary N) is 1. The van der Waals surface area contributed by atoms with E-state index < -0.39 is 35.1 Å². The lowest BCUT2D eigenvalue weighted by atomic mass is 9.85. The molecule has 5 amide bonds. The highest BCUT2D eigenvalue weighted by Crippen LogP contribution is 2.47. The van der Waals surface area contributed by atoms with Gasteiger partial charge in [0.15, 0.2) is 5.69 Å². The molecule has 7 heterocycles. The number of hydrogen-bond acceptors (Lipinski definition) is 11. The molecule has 0 bridgehead atoms. The van der Waals surface area contributed by atoms with E-state index in [4.69, 9.17) is 16.6 Å². The maximum absolute atomic E-state index is 13.6. The number of carbonyl (C=O) groups is 5. The number of rotatable bonds is 7. The first kappa shape index (κ1) is 36.5. The van der Waals surface area contributed by atoms with Crippen LogP contribution in [0.3, 0.4) is 0 Å². The minimum Gasteiger partial charge on any atom is -0.369 e. The first-order valence-corrected chi connectivity index (χ1v) is 19.4. The number of benzene rings is 2. The SMILES string of the molecule is CC1(C)C(=O)N(c2cnc(C#N)c(Cl)c2)c2ccc(-c3ccc(N4CC(CN5CCN(c6ccc7c(c6)C(=O)N(C6CCC(=O)NC6=O)C7=O)CC5)C4)cn3)cc21. The highest BCUT2D eigenvalue weighted by molar-refractivity contribution is 6.32. The second-order valence-corrected chi connectivity index (χ2v) is 16.2. The Morgan fingerprint density at radius 3 is 2.28 bits per heavy atom. The molecule has 3 fully saturated rings. The van der Waals surface area contributed by atoms with Gasteiger partial charge in [-0.25, -0.2) is 4.98 Å². The number of nitriles is 1. The first-order chi connectivity index (χ1) is 27.4. The van der Waals surface area contributed by atoms with Crippen LogP contribution < -0.4 is 20.0 Å². The van der Waals surface area contributed by atoms with Crippen molar-refractivity contribution in [2.45, 2.75) is 38.1 Å². The first-order valence-electron chi connectivity index (χ1n) is 19.0. The van der Waals surface area contributed by atoms with Crippen molar-refractivity contribution in [3.63, 3.8) is 0 Å². The van der Waals surface area contributed by atoms with Crippen molar-refractivity contribution in [1.82, 2.24) is 25.1 Å². The third-order valence-corrected chi connectivity index (χ3v) is 12.2. The largest absolute Gasteiger partial charge is 0.369 e. The van der Waals surface area contributed by atoms with Gasteiger partial charge in [-0.15, -0.1) is 0 Å². The van der Waals surface area contributed by atoms with Gasteiger partial charge in [0.2, 0.25) is 17.7 Å². The van der Waals surface area contributed by atoms with Gasteiger partial charge in [-0.05, 0) is 74.4 Å². The van der Waals surface area contributed by atoms with Gasteiger partial charge in [0.25, 0.3) is 11.8 Å². The fraction of sp³-hybridized carbons (Fsp3) is 0.333. The molecule has 0 spiro atoms. The second-order valence-electron chi connectivity index (χ2n) is 15.8. The van der Waals surface area contributed by atoms with Crippen molar-refractivity contribution in [2.75, 3.05) is 60.5 Å². The predicted octanol–water partition coefficient (Wildman–Crippen LogP) is 4.28. The van der Waals surface area contributed by atoms with Crippen molar-refractivity contribution in [3.05, 3.63) is 94.4 Å². The molecule has 1 N–H and O–H groups in total. The highest BCUT2D eigenvalue weighted by Gasteiger charge is 2.46. The molecule has 3 saturated heterocycles. The van der Waals surface area contributed by atoms with Crippen molar-refractivity contribution in [1.29, 1.82) is 5.26 Å². The third kappa shape index (κ3) is 6.18. The molecule has 9 rings (SSSR count). The summed E-state index contributed by atoms with van der Waals surface area (Å²) in [6.07, 6.45) is 3.62. The minimum absolute atomic E-state index is 0.0864. The number of carbonyl (C=O) groups excluding carboxylic acids is 5. The van der Waals surface area contributed by atoms with Crippen molar-refractivity contribution >= 4 is 63.9 Å². The summed E-state index contributed by atoms with van der Waals surface area (Å²) in [6, 6.07) is 17.9. The van der Waals surface area contributed by atoms with E-state index in [-0.39, 0.29) is 35.0 Å². The Morgan fingerprint density at radius 1 is 0.842 bits per heavy atom. The predicted molar refractivity (Wildman–Crippen MR) is 211 cm³/mol. The van der Waals surface area contributed by atoms with Crippen LogP contribution in [0.5, 0.6) is 0 Å². The monoisotopic (exact) mass is 783 g/mol. The zero-order valence-corrected chi connectivity index (χ0v) is 32.1. The van der Waals surface area contributed by atoms with Crippen LogP contribution in [-0.4, -0.2) is 101 Å². The van der Waals surface area contributed by atoms with Gasteiger partial charge in [-0.3, -0.25) is 49.0 Å². The number of hydrogen-bond donors (Lipinski definition) is 1. The van der Waals surface area contributed by atoms with E-state index in [9.17, 15) is 29.2 Å². The molecule has 5 aliphatic heterocycles. The summed E-state index contributed by atoms with van der Waals surface area (Å²) in [6.45, 7) is 9.97. The molecule has 4 aromatic rings. The summed E-state index contributed by atoms with van der Waals surface area (Å²) in [5.74, 6) is -1.58. The van der Waals surface area contributed by atoms with Crippen LogP contribution in [-0.2, 0) is 19.8 Å². The number of imide groups is 2. The van der Waals surface area contributed by atoms with Crippen molar-refractivity contribution < 1.29 is 24.0 Å². The quantitative estimate of drug-likeness (QED) is 0.266. The van der Waals surface area contributed by atoms with Crippen LogP contribution in [0.2, 0.25) is 5.02 Å². The number of pyridine rings is 2. The van der Waals surface area contributed by atoms with Gasteiger partial charge in [0.1, 0.15) is 12.1 Å². The number of anilines is 4. The van der Waals surface area contributed by atoms with Crippen LogP contribution in [0.25, 0.3) is 11.3 Å². The Labute approximate surface area is 333 Å². The topological polar surface area (TPSA) is 163 Å². The van der Waals surface area contributed by atoms with E-state index in [1.54, 1.807) is 23.1 Å². The fourth-order valence-electron chi connectivity index (χ4n) is 8.63. The normalized spacial score (nSPS) is 20.7. The smallest absolute Gasteiger partial charge is 0.262 e. The Balaban J connectivity index is 0.787. The van der Waals surface area contributed by atoms with E-state index in [0.29, 0.717) is 17.2 Å². The van der Waals surface area contributed by atoms with E-state index in [0.717, 1.165) is 84.6 Å². The molecule has 1 atom stereocenters. The highest BCUT2D eigenvalue weighted by atomic mass is 35.5. The average Bonchev–Trinajstić information content (AvgIpc) is 3.56. The van der Waals surface area contributed by atoms with Crippen LogP contribution in [0.15, 0.2) is 67.0 Å². The summed E-state index contributed by atoms with van der Waals surface area (Å²) >= 11 is 6.26. The van der Waals surface area contributed by atoms with Crippen LogP contribution >= 0.6 is 11.6 Å². The summed E-state index contributed by atoms with van der Waals surface area (Å²) in [7, 11) is 0. The number of piperazine rings is 1. The standard InChI is InChI=1S/C42H38ClN9O5/c1-42(2)31-15-25(3-8-35(31)51(41(42)57)28-17-32(43)34(18-44)46-20-28)33-7-5-27(19-45-33)50-22-24(23-50)21-48-11-13-49(14-12-48)26-4-6-29-30(16-26)40(56)52(39(29)55)36-9-10-37(53)47-38(36)54/h3-8,15-17,19-20,24,36H,9-14,21-23H2,1-2H3,(H,47,53,54). The maximum Gasteiger partial charge on any atom is 0.262 e. The number of fused-ring (bicyclic) bond motifs is 2. The van der Waals surface area contributed by atoms with Crippen molar-refractivity contribution in [3.8, 4) is 17.3 Å². The molecule has 2 aromatic heterocycles. The van der Waals surface area contributed by atoms with Gasteiger partial charge >= 0.3 is 0 Å². The van der Waals surface area contributed by atoms with E-state index in [2.05, 4.69) is 31.1 Å². The van der Waals surface area contributed by atoms with Gasteiger partial charge < -0.3 is 9.80 Å². The van der Waals surface area contributed by atoms with Gasteiger partial charge in [-0.1, -0.05) is 17.7 Å². The number of nitrogens with zero attached hydrogens (tertiary/aromatic N) is 8. The second kappa shape index (κ2) is 13.8. The van der Waals surface area contributed by atoms with E-state index in [1.807, 2.05) is 56.4 Å². The Kier molecular flexibility index (Phi) is 8.82. The molecule has 2 aromatic carbocycles. The Hall–Kier alpha value is -6.17. The lowest BCUT2D eigenvalue weighted by molar-refractivity contribution is -0.136. The molecule has 14 nitrogen and oxygen atoms in total. The average molecular weight is 784 g/mol. The summed E-state index contributed by atoms with van der Waals surface area (Å²) in [4.78, 5) is 82.7. The zero-order valence-electron chi connectivity index (χ0n) is 31.4. The summed E-state index contributed by atoms with van der Waals surface area (Å²) in [5.41, 5.74) is 5.69. The maximum atomic E-state index is 13.6. The molecule has 5 aliphatic rings. The van der Waals surface area contributed by atoms with E-state index >= 15 is 0 Å². The summed E-state index contributed by atoms with van der Waals surface area (Å²) < 4.78 is 0. The number of aromatic nitrogens is 2. The lowest BCUT2D eigenvalue weighted by Gasteiger charge is -2.45. The number of halogens is 1. The molecule has 0 saturated carbocycles. The fourth-order valence-corrected chi connectivity index (χ4v) is 8.84. The number of amides is 5. The number of piperidine rings is 1. The zero-order chi connectivity index (χ0) is 39.7. The molecule has 15 heteroatoms. The van der Waals surface area contributed by atoms with Gasteiger partial charge in [-0.2, -0.15) is 5.26 Å². The molecule has 0 radical (unpaired) electrons. The lowest BCUT2D eigenvalue weighted by Crippen LogP contribution is -2.55. The summed E-state index contributed by atoms with van der Waals surface area (Å²) in [5, 5.41) is 11.7. The molecule has 0 aliphatic carbocycles. The van der Waals surface area contributed by atoms with E-state index in [1.165, 1.54) is 6.20 Å². The van der Waals surface area contributed by atoms with Crippen LogP contribution in [0, 0.1) is 17.2 Å². The molecule has 288 valence electrons. The molecule has 57 heavy (non-hydrogen) atoms. The Bertz CT molecular complexity index is 2430. The molecule has 1 unspecified atom stereocenters.